The van der Waals surface area contributed by atoms with E-state index in [0.717, 1.165) is 35.5 Å². The number of hydrogen-bond acceptors (Lipinski definition) is 5. The Bertz CT molecular complexity index is 941. The van der Waals surface area contributed by atoms with Gasteiger partial charge in [-0.1, -0.05) is 24.6 Å². The lowest BCUT2D eigenvalue weighted by atomic mass is 10.2. The number of hydrogen-bond donors (Lipinski definition) is 2. The largest absolute Gasteiger partial charge is 0.496 e. The van der Waals surface area contributed by atoms with Crippen molar-refractivity contribution < 1.29 is 13.2 Å². The number of methoxy groups -OCH3 is 1. The molecule has 1 fully saturated rings. The molecule has 1 saturated heterocycles. The third-order valence-corrected chi connectivity index (χ3v) is 8.29. The van der Waals surface area contributed by atoms with Gasteiger partial charge in [-0.15, -0.1) is 35.3 Å². The van der Waals surface area contributed by atoms with E-state index in [1.54, 1.807) is 24.5 Å². The first-order chi connectivity index (χ1) is 14.0. The normalized spacial score (nSPS) is 15.3. The summed E-state index contributed by atoms with van der Waals surface area (Å²) in [5, 5.41) is 6.49. The summed E-state index contributed by atoms with van der Waals surface area (Å²) < 4.78 is 32.9. The lowest BCUT2D eigenvalue weighted by Crippen LogP contribution is -2.36. The second-order valence-corrected chi connectivity index (χ2v) is 10.1. The van der Waals surface area contributed by atoms with Crippen LogP contribution >= 0.6 is 35.3 Å². The number of guanidine groups is 1. The highest BCUT2D eigenvalue weighted by Gasteiger charge is 2.27. The Morgan fingerprint density at radius 1 is 1.10 bits per heavy atom. The van der Waals surface area contributed by atoms with Crippen molar-refractivity contribution in [2.75, 3.05) is 27.2 Å². The average molecular weight is 565 g/mol. The zero-order valence-electron chi connectivity index (χ0n) is 17.3. The molecule has 10 heteroatoms. The van der Waals surface area contributed by atoms with E-state index in [2.05, 4.69) is 15.6 Å². The Morgan fingerprint density at radius 3 is 2.50 bits per heavy atom. The fraction of sp³-hybridized carbons (Fsp3) is 0.450. The second-order valence-electron chi connectivity index (χ2n) is 6.78. The van der Waals surface area contributed by atoms with Crippen molar-refractivity contribution in [2.24, 2.45) is 4.99 Å². The van der Waals surface area contributed by atoms with Crippen LogP contribution in [0.5, 0.6) is 5.75 Å². The summed E-state index contributed by atoms with van der Waals surface area (Å²) in [6.07, 6.45) is 2.98. The Balaban J connectivity index is 0.00000320. The average Bonchev–Trinajstić information content (AvgIpc) is 3.24. The van der Waals surface area contributed by atoms with Gasteiger partial charge in [0.2, 0.25) is 0 Å². The van der Waals surface area contributed by atoms with E-state index < -0.39 is 10.0 Å². The molecule has 0 unspecified atom stereocenters. The minimum Gasteiger partial charge on any atom is -0.496 e. The number of rotatable bonds is 7. The van der Waals surface area contributed by atoms with E-state index in [1.165, 1.54) is 11.3 Å². The van der Waals surface area contributed by atoms with Crippen LogP contribution in [0, 0.1) is 0 Å². The number of nitrogens with zero attached hydrogens (tertiary/aromatic N) is 2. The van der Waals surface area contributed by atoms with E-state index in [1.807, 2.05) is 30.3 Å². The van der Waals surface area contributed by atoms with Crippen LogP contribution in [0.1, 0.15) is 29.7 Å². The van der Waals surface area contributed by atoms with E-state index >= 15 is 0 Å². The van der Waals surface area contributed by atoms with Crippen LogP contribution in [-0.2, 0) is 23.1 Å². The summed E-state index contributed by atoms with van der Waals surface area (Å²) in [5.74, 6) is 1.46. The molecule has 0 bridgehead atoms. The van der Waals surface area contributed by atoms with Gasteiger partial charge in [-0.25, -0.2) is 8.42 Å². The highest BCUT2D eigenvalue weighted by atomic mass is 127. The van der Waals surface area contributed by atoms with Crippen LogP contribution in [-0.4, -0.2) is 45.9 Å². The first-order valence-electron chi connectivity index (χ1n) is 9.70. The Hall–Kier alpha value is -1.37. The lowest BCUT2D eigenvalue weighted by Gasteiger charge is -2.25. The molecule has 1 aliphatic rings. The van der Waals surface area contributed by atoms with Crippen molar-refractivity contribution in [2.45, 2.75) is 36.6 Å². The van der Waals surface area contributed by atoms with Crippen LogP contribution in [0.3, 0.4) is 0 Å². The first kappa shape index (κ1) is 24.9. The number of thiophene rings is 1. The van der Waals surface area contributed by atoms with Gasteiger partial charge in [-0.3, -0.25) is 4.99 Å². The van der Waals surface area contributed by atoms with Gasteiger partial charge in [0.15, 0.2) is 5.96 Å². The van der Waals surface area contributed by atoms with Crippen LogP contribution in [0.25, 0.3) is 0 Å². The van der Waals surface area contributed by atoms with Crippen LogP contribution in [0.4, 0.5) is 0 Å². The molecular formula is C20H29IN4O3S2. The molecule has 1 aromatic carbocycles. The van der Waals surface area contributed by atoms with Crippen molar-refractivity contribution in [3.63, 3.8) is 0 Å². The first-order valence-corrected chi connectivity index (χ1v) is 12.0. The Morgan fingerprint density at radius 2 is 1.80 bits per heavy atom. The van der Waals surface area contributed by atoms with Crippen LogP contribution < -0.4 is 15.4 Å². The van der Waals surface area contributed by atoms with Gasteiger partial charge < -0.3 is 15.4 Å². The van der Waals surface area contributed by atoms with Crippen LogP contribution in [0.15, 0.2) is 45.6 Å². The third kappa shape index (κ3) is 6.32. The molecule has 2 heterocycles. The van der Waals surface area contributed by atoms with Crippen molar-refractivity contribution >= 4 is 51.3 Å². The van der Waals surface area contributed by atoms with Crippen molar-refractivity contribution in [1.82, 2.24) is 14.9 Å². The molecule has 2 N–H and O–H groups in total. The zero-order chi connectivity index (χ0) is 20.7. The molecule has 3 rings (SSSR count). The van der Waals surface area contributed by atoms with Gasteiger partial charge in [0, 0.05) is 37.1 Å². The maximum absolute atomic E-state index is 12.8. The van der Waals surface area contributed by atoms with Gasteiger partial charge in [0.1, 0.15) is 9.96 Å². The predicted octanol–water partition coefficient (Wildman–Crippen LogP) is 3.41. The molecule has 2 aromatic rings. The monoisotopic (exact) mass is 564 g/mol. The van der Waals surface area contributed by atoms with Gasteiger partial charge in [0.05, 0.1) is 13.7 Å². The summed E-state index contributed by atoms with van der Waals surface area (Å²) in [6.45, 7) is 2.31. The standard InChI is InChI=1S/C20H28N4O3S2.HI/c1-21-20(22-14-16-8-4-5-9-18(16)27-2)23-15-17-10-11-19(28-17)29(25,26)24-12-6-3-7-13-24;/h4-5,8-11H,3,6-7,12-15H2,1-2H3,(H2,21,22,23);1H. The summed E-state index contributed by atoms with van der Waals surface area (Å²) in [6, 6.07) is 11.4. The fourth-order valence-electron chi connectivity index (χ4n) is 3.24. The number of halogens is 1. The number of sulfonamides is 1. The van der Waals surface area contributed by atoms with Crippen LogP contribution in [0.2, 0.25) is 0 Å². The van der Waals surface area contributed by atoms with Gasteiger partial charge in [-0.05, 0) is 31.0 Å². The number of piperidine rings is 1. The molecule has 0 saturated carbocycles. The molecule has 1 aliphatic heterocycles. The number of benzene rings is 1. The van der Waals surface area contributed by atoms with Crippen molar-refractivity contribution in [3.05, 3.63) is 46.8 Å². The van der Waals surface area contributed by atoms with E-state index in [9.17, 15) is 8.42 Å². The van der Waals surface area contributed by atoms with E-state index in [-0.39, 0.29) is 24.0 Å². The molecule has 166 valence electrons. The topological polar surface area (TPSA) is 83.0 Å². The van der Waals surface area contributed by atoms with Gasteiger partial charge in [0.25, 0.3) is 10.0 Å². The Kier molecular flexibility index (Phi) is 9.85. The predicted molar refractivity (Wildman–Crippen MR) is 132 cm³/mol. The van der Waals surface area contributed by atoms with E-state index in [0.29, 0.717) is 36.3 Å². The highest BCUT2D eigenvalue weighted by Crippen LogP contribution is 2.27. The second kappa shape index (κ2) is 11.9. The van der Waals surface area contributed by atoms with Crippen molar-refractivity contribution in [3.8, 4) is 5.75 Å². The van der Waals surface area contributed by atoms with Gasteiger partial charge >= 0.3 is 0 Å². The van der Waals surface area contributed by atoms with Gasteiger partial charge in [-0.2, -0.15) is 4.31 Å². The minimum atomic E-state index is -3.37. The highest BCUT2D eigenvalue weighted by molar-refractivity contribution is 14.0. The molecule has 7 nitrogen and oxygen atoms in total. The molecule has 0 aliphatic carbocycles. The summed E-state index contributed by atoms with van der Waals surface area (Å²) >= 11 is 1.31. The maximum atomic E-state index is 12.8. The third-order valence-electron chi connectivity index (χ3n) is 4.84. The molecule has 30 heavy (non-hydrogen) atoms. The summed E-state index contributed by atoms with van der Waals surface area (Å²) in [5.41, 5.74) is 1.03. The van der Waals surface area contributed by atoms with E-state index in [4.69, 9.17) is 4.74 Å². The maximum Gasteiger partial charge on any atom is 0.252 e. The SMILES string of the molecule is CN=C(NCc1ccc(S(=O)(=O)N2CCCCC2)s1)NCc1ccccc1OC.I. The zero-order valence-corrected chi connectivity index (χ0v) is 21.2. The minimum absolute atomic E-state index is 0. The Labute approximate surface area is 200 Å². The summed E-state index contributed by atoms with van der Waals surface area (Å²) in [7, 11) is -0.0174. The molecule has 1 aromatic heterocycles. The number of nitrogens with one attached hydrogen (secondary N) is 2. The lowest BCUT2D eigenvalue weighted by molar-refractivity contribution is 0.347. The van der Waals surface area contributed by atoms with Crippen molar-refractivity contribution in [1.29, 1.82) is 0 Å². The molecule has 0 amide bonds. The molecule has 0 atom stereocenters. The quantitative estimate of drug-likeness (QED) is 0.306. The smallest absolute Gasteiger partial charge is 0.252 e. The number of para-hydroxylation sites is 1. The fourth-order valence-corrected chi connectivity index (χ4v) is 6.21. The molecular weight excluding hydrogens is 535 g/mol. The number of aliphatic imine (C=N–C) groups is 1. The molecule has 0 spiro atoms. The summed E-state index contributed by atoms with van der Waals surface area (Å²) in [4.78, 5) is 5.18. The molecule has 0 radical (unpaired) electrons. The number of ether oxygens (including phenoxy) is 1.